The zero-order valence-corrected chi connectivity index (χ0v) is 24.4. The highest BCUT2D eigenvalue weighted by Crippen LogP contribution is 2.40. The summed E-state index contributed by atoms with van der Waals surface area (Å²) in [6.07, 6.45) is 7.21. The zero-order valence-electron chi connectivity index (χ0n) is 24.4. The number of benzene rings is 2. The third-order valence-electron chi connectivity index (χ3n) is 8.12. The minimum absolute atomic E-state index is 0.259. The van der Waals surface area contributed by atoms with Gasteiger partial charge in [0, 0.05) is 55.2 Å². The first-order valence-electron chi connectivity index (χ1n) is 14.5. The van der Waals surface area contributed by atoms with Gasteiger partial charge in [-0.3, -0.25) is 4.79 Å². The first-order chi connectivity index (χ1) is 19.9. The van der Waals surface area contributed by atoms with Gasteiger partial charge in [-0.1, -0.05) is 31.9 Å². The van der Waals surface area contributed by atoms with Gasteiger partial charge in [0.25, 0.3) is 0 Å². The molecule has 1 aromatic heterocycles. The fraction of sp³-hybridized carbons (Fsp3) is 0.394. The molecular formula is C33H41N5O3. The summed E-state index contributed by atoms with van der Waals surface area (Å²) in [5.41, 5.74) is 4.74. The molecule has 2 aliphatic rings. The second-order valence-corrected chi connectivity index (χ2v) is 11.0. The molecule has 1 amide bonds. The largest absolute Gasteiger partial charge is 0.494 e. The summed E-state index contributed by atoms with van der Waals surface area (Å²) in [5.74, 6) is 2.79. The van der Waals surface area contributed by atoms with E-state index in [9.17, 15) is 4.79 Å². The van der Waals surface area contributed by atoms with Crippen molar-refractivity contribution in [2.45, 2.75) is 44.9 Å². The van der Waals surface area contributed by atoms with Crippen molar-refractivity contribution in [3.63, 3.8) is 0 Å². The van der Waals surface area contributed by atoms with Gasteiger partial charge in [0.2, 0.25) is 11.8 Å². The number of amides is 1. The second kappa shape index (κ2) is 13.1. The molecule has 0 radical (unpaired) electrons. The number of aryl methyl sites for hydroxylation is 1. The van der Waals surface area contributed by atoms with Crippen LogP contribution in [0, 0.1) is 6.92 Å². The normalized spacial score (nSPS) is 16.2. The number of aromatic nitrogens is 1. The van der Waals surface area contributed by atoms with Gasteiger partial charge in [-0.2, -0.15) is 4.98 Å². The average Bonchev–Trinajstić information content (AvgIpc) is 3.00. The van der Waals surface area contributed by atoms with Gasteiger partial charge >= 0.3 is 0 Å². The molecule has 8 nitrogen and oxygen atoms in total. The van der Waals surface area contributed by atoms with Crippen LogP contribution in [0.15, 0.2) is 61.2 Å². The number of rotatable bonds is 9. The van der Waals surface area contributed by atoms with E-state index in [-0.39, 0.29) is 5.91 Å². The van der Waals surface area contributed by atoms with Crippen molar-refractivity contribution >= 4 is 28.8 Å². The predicted octanol–water partition coefficient (Wildman–Crippen LogP) is 6.86. The Morgan fingerprint density at radius 1 is 1.00 bits per heavy atom. The van der Waals surface area contributed by atoms with Gasteiger partial charge in [0.1, 0.15) is 17.3 Å². The number of ether oxygens (including phenoxy) is 2. The van der Waals surface area contributed by atoms with Crippen LogP contribution in [0.25, 0.3) is 0 Å². The molecule has 1 aliphatic heterocycles. The lowest BCUT2D eigenvalue weighted by atomic mass is 9.84. The molecule has 1 saturated heterocycles. The molecule has 0 atom stereocenters. The quantitative estimate of drug-likeness (QED) is 0.279. The number of hydrogen-bond donors (Lipinski definition) is 2. The Balaban J connectivity index is 1.42. The van der Waals surface area contributed by atoms with Crippen molar-refractivity contribution in [2.75, 3.05) is 55.9 Å². The molecule has 216 valence electrons. The average molecular weight is 556 g/mol. The minimum atomic E-state index is -0.259. The standard InChI is InChI=1S/C33H41N5O3/c1-5-32(39)35-29-22-26(13-11-23(29)2)41-33-27(24-9-7-6-8-10-24)14-16-31(36-33)34-28-15-12-25(21-30(28)40-4)38-19-17-37(3)18-20-38/h5,11-16,21-22,24H,1,6-10,17-20H2,2-4H3,(H,34,36)(H,35,39). The van der Waals surface area contributed by atoms with E-state index in [1.165, 1.54) is 25.3 Å². The number of likely N-dealkylation sites (N-methyl/N-ethyl adjacent to an activating group) is 1. The molecular weight excluding hydrogens is 514 g/mol. The molecule has 2 N–H and O–H groups in total. The SMILES string of the molecule is C=CC(=O)Nc1cc(Oc2nc(Nc3ccc(N4CCN(C)CC4)cc3OC)ccc2C2CCCCC2)ccc1C. The molecule has 41 heavy (non-hydrogen) atoms. The molecule has 0 unspecified atom stereocenters. The summed E-state index contributed by atoms with van der Waals surface area (Å²) >= 11 is 0. The van der Waals surface area contributed by atoms with Gasteiger partial charge in [0.15, 0.2) is 0 Å². The van der Waals surface area contributed by atoms with Gasteiger partial charge in [-0.05, 0) is 74.7 Å². The van der Waals surface area contributed by atoms with Gasteiger partial charge in [-0.15, -0.1) is 0 Å². The summed E-state index contributed by atoms with van der Waals surface area (Å²) in [4.78, 5) is 21.6. The van der Waals surface area contributed by atoms with Crippen molar-refractivity contribution in [1.82, 2.24) is 9.88 Å². The summed E-state index contributed by atoms with van der Waals surface area (Å²) in [6.45, 7) is 9.58. The number of carbonyl (C=O) groups excluding carboxylic acids is 1. The Hall–Kier alpha value is -4.04. The highest BCUT2D eigenvalue weighted by Gasteiger charge is 2.22. The van der Waals surface area contributed by atoms with E-state index in [1.807, 2.05) is 31.2 Å². The lowest BCUT2D eigenvalue weighted by molar-refractivity contribution is -0.111. The topological polar surface area (TPSA) is 79.0 Å². The molecule has 2 aromatic carbocycles. The van der Waals surface area contributed by atoms with Crippen molar-refractivity contribution < 1.29 is 14.3 Å². The van der Waals surface area contributed by atoms with Crippen LogP contribution in [-0.2, 0) is 4.79 Å². The number of carbonyl (C=O) groups is 1. The minimum Gasteiger partial charge on any atom is -0.494 e. The lowest BCUT2D eigenvalue weighted by Gasteiger charge is -2.34. The molecule has 2 fully saturated rings. The van der Waals surface area contributed by atoms with E-state index in [4.69, 9.17) is 14.5 Å². The maximum absolute atomic E-state index is 12.0. The monoisotopic (exact) mass is 555 g/mol. The lowest BCUT2D eigenvalue weighted by Crippen LogP contribution is -2.44. The van der Waals surface area contributed by atoms with Crippen LogP contribution in [0.3, 0.4) is 0 Å². The third-order valence-corrected chi connectivity index (χ3v) is 8.12. The first-order valence-corrected chi connectivity index (χ1v) is 14.5. The fourth-order valence-electron chi connectivity index (χ4n) is 5.60. The van der Waals surface area contributed by atoms with E-state index >= 15 is 0 Å². The molecule has 5 rings (SSSR count). The number of hydrogen-bond acceptors (Lipinski definition) is 7. The predicted molar refractivity (Wildman–Crippen MR) is 166 cm³/mol. The van der Waals surface area contributed by atoms with Gasteiger partial charge < -0.3 is 29.9 Å². The van der Waals surface area contributed by atoms with E-state index in [1.54, 1.807) is 7.11 Å². The highest BCUT2D eigenvalue weighted by molar-refractivity contribution is 5.99. The summed E-state index contributed by atoms with van der Waals surface area (Å²) < 4.78 is 12.2. The highest BCUT2D eigenvalue weighted by atomic mass is 16.5. The molecule has 3 aromatic rings. The van der Waals surface area contributed by atoms with Crippen LogP contribution in [0.1, 0.15) is 49.1 Å². The summed E-state index contributed by atoms with van der Waals surface area (Å²) in [6, 6.07) is 16.1. The number of nitrogens with zero attached hydrogens (tertiary/aromatic N) is 3. The zero-order chi connectivity index (χ0) is 28.8. The smallest absolute Gasteiger partial charge is 0.247 e. The maximum atomic E-state index is 12.0. The Bertz CT molecular complexity index is 1380. The fourth-order valence-corrected chi connectivity index (χ4v) is 5.60. The van der Waals surface area contributed by atoms with E-state index < -0.39 is 0 Å². The van der Waals surface area contributed by atoms with Gasteiger partial charge in [0.05, 0.1) is 12.8 Å². The van der Waals surface area contributed by atoms with Gasteiger partial charge in [-0.25, -0.2) is 0 Å². The second-order valence-electron chi connectivity index (χ2n) is 11.0. The first kappa shape index (κ1) is 28.5. The van der Waals surface area contributed by atoms with E-state index in [0.717, 1.165) is 67.3 Å². The number of nitrogens with one attached hydrogen (secondary N) is 2. The number of pyridine rings is 1. The van der Waals surface area contributed by atoms with E-state index in [0.29, 0.717) is 29.1 Å². The molecule has 1 saturated carbocycles. The van der Waals surface area contributed by atoms with Crippen LogP contribution in [0.4, 0.5) is 22.9 Å². The van der Waals surface area contributed by atoms with Crippen molar-refractivity contribution in [1.29, 1.82) is 0 Å². The van der Waals surface area contributed by atoms with Crippen LogP contribution < -0.4 is 25.0 Å². The molecule has 0 bridgehead atoms. The Morgan fingerprint density at radius 2 is 1.78 bits per heavy atom. The van der Waals surface area contributed by atoms with Crippen molar-refractivity contribution in [2.24, 2.45) is 0 Å². The van der Waals surface area contributed by atoms with Crippen LogP contribution in [-0.4, -0.2) is 56.1 Å². The Kier molecular flexibility index (Phi) is 9.09. The summed E-state index contributed by atoms with van der Waals surface area (Å²) in [7, 11) is 3.86. The molecule has 1 aliphatic carbocycles. The third kappa shape index (κ3) is 7.00. The van der Waals surface area contributed by atoms with Crippen molar-refractivity contribution in [3.8, 4) is 17.4 Å². The molecule has 8 heteroatoms. The van der Waals surface area contributed by atoms with E-state index in [2.05, 4.69) is 58.3 Å². The summed E-state index contributed by atoms with van der Waals surface area (Å²) in [5, 5.41) is 6.32. The molecule has 2 heterocycles. The maximum Gasteiger partial charge on any atom is 0.247 e. The van der Waals surface area contributed by atoms with Crippen LogP contribution in [0.2, 0.25) is 0 Å². The van der Waals surface area contributed by atoms with Crippen LogP contribution in [0.5, 0.6) is 17.4 Å². The number of methoxy groups -OCH3 is 1. The Labute approximate surface area is 243 Å². The Morgan fingerprint density at radius 3 is 2.51 bits per heavy atom. The van der Waals surface area contributed by atoms with Crippen LogP contribution >= 0.6 is 0 Å². The number of anilines is 4. The number of piperazine rings is 1. The molecule has 0 spiro atoms. The van der Waals surface area contributed by atoms with Crippen molar-refractivity contribution in [3.05, 3.63) is 72.3 Å².